The molecule has 0 amide bonds. The first-order valence-corrected chi connectivity index (χ1v) is 4.26. The van der Waals surface area contributed by atoms with Crippen molar-refractivity contribution < 1.29 is 9.47 Å². The summed E-state index contributed by atoms with van der Waals surface area (Å²) in [6, 6.07) is 8.10. The van der Waals surface area contributed by atoms with E-state index in [4.69, 9.17) is 9.47 Å². The summed E-state index contributed by atoms with van der Waals surface area (Å²) >= 11 is 0. The number of hydrogen-bond donors (Lipinski definition) is 1. The average molecular weight is 179 g/mol. The van der Waals surface area contributed by atoms with Gasteiger partial charge in [-0.05, 0) is 11.6 Å². The summed E-state index contributed by atoms with van der Waals surface area (Å²) < 4.78 is 10.6. The number of para-hydroxylation sites is 1. The van der Waals surface area contributed by atoms with Crippen LogP contribution in [-0.4, -0.2) is 20.1 Å². The molecule has 3 heteroatoms. The minimum atomic E-state index is -0.663. The number of ether oxygens (including phenoxy) is 2. The van der Waals surface area contributed by atoms with Crippen LogP contribution >= 0.6 is 0 Å². The lowest BCUT2D eigenvalue weighted by Crippen LogP contribution is -2.40. The standard InChI is InChI=1S/C10H13NO2/c1-12-10(13-2)7-8-5-3-4-6-9(8)11-10/h3-6,11H,7H2,1-2H3. The predicted molar refractivity (Wildman–Crippen MR) is 50.5 cm³/mol. The predicted octanol–water partition coefficient (Wildman–Crippen LogP) is 1.60. The quantitative estimate of drug-likeness (QED) is 0.699. The Morgan fingerprint density at radius 1 is 1.23 bits per heavy atom. The van der Waals surface area contributed by atoms with E-state index in [2.05, 4.69) is 11.4 Å². The van der Waals surface area contributed by atoms with Gasteiger partial charge >= 0.3 is 0 Å². The van der Waals surface area contributed by atoms with E-state index < -0.39 is 5.91 Å². The first-order valence-electron chi connectivity index (χ1n) is 4.26. The van der Waals surface area contributed by atoms with Crippen LogP contribution < -0.4 is 5.32 Å². The van der Waals surface area contributed by atoms with Crippen molar-refractivity contribution in [1.82, 2.24) is 0 Å². The Labute approximate surface area is 77.7 Å². The maximum atomic E-state index is 5.30. The lowest BCUT2D eigenvalue weighted by atomic mass is 10.1. The number of hydrogen-bond acceptors (Lipinski definition) is 3. The molecule has 1 aliphatic rings. The van der Waals surface area contributed by atoms with Crippen LogP contribution in [0.25, 0.3) is 0 Å². The van der Waals surface area contributed by atoms with Gasteiger partial charge in [-0.3, -0.25) is 0 Å². The van der Waals surface area contributed by atoms with Gasteiger partial charge in [-0.15, -0.1) is 0 Å². The molecule has 1 aliphatic heterocycles. The van der Waals surface area contributed by atoms with E-state index in [-0.39, 0.29) is 0 Å². The van der Waals surface area contributed by atoms with Crippen molar-refractivity contribution in [2.45, 2.75) is 12.3 Å². The van der Waals surface area contributed by atoms with Crippen LogP contribution in [0.2, 0.25) is 0 Å². The fourth-order valence-corrected chi connectivity index (χ4v) is 1.63. The second kappa shape index (κ2) is 3.01. The second-order valence-corrected chi connectivity index (χ2v) is 3.12. The highest BCUT2D eigenvalue weighted by Gasteiger charge is 2.36. The maximum Gasteiger partial charge on any atom is 0.253 e. The van der Waals surface area contributed by atoms with Crippen LogP contribution in [0.5, 0.6) is 0 Å². The molecule has 0 spiro atoms. The average Bonchev–Trinajstić information content (AvgIpc) is 2.57. The molecule has 0 saturated heterocycles. The molecule has 0 fully saturated rings. The zero-order chi connectivity index (χ0) is 9.31. The van der Waals surface area contributed by atoms with Crippen molar-refractivity contribution >= 4 is 5.69 Å². The molecule has 0 aromatic heterocycles. The molecule has 0 bridgehead atoms. The zero-order valence-electron chi connectivity index (χ0n) is 7.83. The van der Waals surface area contributed by atoms with Gasteiger partial charge < -0.3 is 14.8 Å². The summed E-state index contributed by atoms with van der Waals surface area (Å²) in [6.07, 6.45) is 0.746. The smallest absolute Gasteiger partial charge is 0.253 e. The Bertz CT molecular complexity index is 281. The summed E-state index contributed by atoms with van der Waals surface area (Å²) in [5, 5.41) is 3.20. The van der Waals surface area contributed by atoms with Gasteiger partial charge in [0.2, 0.25) is 0 Å². The Hall–Kier alpha value is -1.06. The number of anilines is 1. The number of nitrogens with one attached hydrogen (secondary N) is 1. The molecule has 1 heterocycles. The first kappa shape index (κ1) is 8.53. The van der Waals surface area contributed by atoms with Gasteiger partial charge in [-0.2, -0.15) is 0 Å². The number of fused-ring (bicyclic) bond motifs is 1. The Morgan fingerprint density at radius 3 is 2.54 bits per heavy atom. The Balaban J connectivity index is 2.30. The van der Waals surface area contributed by atoms with Crippen LogP contribution in [0, 0.1) is 0 Å². The molecule has 1 aromatic rings. The monoisotopic (exact) mass is 179 g/mol. The van der Waals surface area contributed by atoms with Crippen molar-refractivity contribution in [2.24, 2.45) is 0 Å². The Morgan fingerprint density at radius 2 is 1.92 bits per heavy atom. The molecule has 0 aliphatic carbocycles. The highest BCUT2D eigenvalue weighted by atomic mass is 16.7. The normalized spacial score (nSPS) is 18.0. The molecule has 70 valence electrons. The summed E-state index contributed by atoms with van der Waals surface area (Å²) in [6.45, 7) is 0. The van der Waals surface area contributed by atoms with Crippen molar-refractivity contribution in [3.05, 3.63) is 29.8 Å². The minimum absolute atomic E-state index is 0.663. The fraction of sp³-hybridized carbons (Fsp3) is 0.400. The highest BCUT2D eigenvalue weighted by molar-refractivity contribution is 5.57. The van der Waals surface area contributed by atoms with Crippen molar-refractivity contribution in [1.29, 1.82) is 0 Å². The van der Waals surface area contributed by atoms with Gasteiger partial charge in [0.05, 0.1) is 0 Å². The SMILES string of the molecule is COC1(OC)Cc2ccccc2N1. The Kier molecular flexibility index (Phi) is 1.98. The van der Waals surface area contributed by atoms with Crippen LogP contribution in [0.1, 0.15) is 5.56 Å². The van der Waals surface area contributed by atoms with E-state index in [1.807, 2.05) is 18.2 Å². The topological polar surface area (TPSA) is 30.5 Å². The molecule has 3 nitrogen and oxygen atoms in total. The molecule has 0 saturated carbocycles. The zero-order valence-corrected chi connectivity index (χ0v) is 7.83. The van der Waals surface area contributed by atoms with E-state index in [0.29, 0.717) is 0 Å². The third kappa shape index (κ3) is 1.30. The number of rotatable bonds is 2. The number of methoxy groups -OCH3 is 2. The lowest BCUT2D eigenvalue weighted by Gasteiger charge is -2.25. The third-order valence-electron chi connectivity index (χ3n) is 2.43. The van der Waals surface area contributed by atoms with Crippen molar-refractivity contribution in [3.8, 4) is 0 Å². The maximum absolute atomic E-state index is 5.30. The van der Waals surface area contributed by atoms with E-state index >= 15 is 0 Å². The third-order valence-corrected chi connectivity index (χ3v) is 2.43. The molecule has 2 rings (SSSR count). The van der Waals surface area contributed by atoms with E-state index in [1.54, 1.807) is 14.2 Å². The molecule has 1 aromatic carbocycles. The minimum Gasteiger partial charge on any atom is -0.336 e. The van der Waals surface area contributed by atoms with E-state index in [9.17, 15) is 0 Å². The lowest BCUT2D eigenvalue weighted by molar-refractivity contribution is -0.179. The summed E-state index contributed by atoms with van der Waals surface area (Å²) in [4.78, 5) is 0. The summed E-state index contributed by atoms with van der Waals surface area (Å²) in [7, 11) is 3.28. The number of benzene rings is 1. The summed E-state index contributed by atoms with van der Waals surface area (Å²) in [5.74, 6) is -0.663. The van der Waals surface area contributed by atoms with Gasteiger partial charge in [-0.1, -0.05) is 18.2 Å². The summed E-state index contributed by atoms with van der Waals surface area (Å²) in [5.41, 5.74) is 2.32. The van der Waals surface area contributed by atoms with Crippen molar-refractivity contribution in [3.63, 3.8) is 0 Å². The van der Waals surface area contributed by atoms with Crippen molar-refractivity contribution in [2.75, 3.05) is 19.5 Å². The van der Waals surface area contributed by atoms with E-state index in [0.717, 1.165) is 12.1 Å². The second-order valence-electron chi connectivity index (χ2n) is 3.12. The molecule has 1 N–H and O–H groups in total. The molecular weight excluding hydrogens is 166 g/mol. The van der Waals surface area contributed by atoms with Gasteiger partial charge in [0.25, 0.3) is 5.91 Å². The van der Waals surface area contributed by atoms with Gasteiger partial charge in [-0.25, -0.2) is 0 Å². The highest BCUT2D eigenvalue weighted by Crippen LogP contribution is 2.32. The molecule has 0 atom stereocenters. The molecular formula is C10H13NO2. The molecule has 0 unspecified atom stereocenters. The van der Waals surface area contributed by atoms with E-state index in [1.165, 1.54) is 5.56 Å². The molecule has 0 radical (unpaired) electrons. The first-order chi connectivity index (χ1) is 6.29. The van der Waals surface area contributed by atoms with Gasteiger partial charge in [0.1, 0.15) is 0 Å². The van der Waals surface area contributed by atoms with Crippen LogP contribution in [0.3, 0.4) is 0 Å². The van der Waals surface area contributed by atoms with Gasteiger partial charge in [0.15, 0.2) is 0 Å². The molecule has 13 heavy (non-hydrogen) atoms. The van der Waals surface area contributed by atoms with Crippen LogP contribution in [-0.2, 0) is 15.9 Å². The van der Waals surface area contributed by atoms with Crippen LogP contribution in [0.15, 0.2) is 24.3 Å². The fourth-order valence-electron chi connectivity index (χ4n) is 1.63. The van der Waals surface area contributed by atoms with Gasteiger partial charge in [0, 0.05) is 26.3 Å². The largest absolute Gasteiger partial charge is 0.336 e. The van der Waals surface area contributed by atoms with Crippen LogP contribution in [0.4, 0.5) is 5.69 Å².